The van der Waals surface area contributed by atoms with Crippen LogP contribution in [0, 0.1) is 11.8 Å². The van der Waals surface area contributed by atoms with Crippen LogP contribution in [0.5, 0.6) is 0 Å². The molecule has 0 bridgehead atoms. The van der Waals surface area contributed by atoms with Crippen molar-refractivity contribution in [1.29, 1.82) is 0 Å². The highest BCUT2D eigenvalue weighted by atomic mass is 32.2. The van der Waals surface area contributed by atoms with Crippen LogP contribution >= 0.6 is 0 Å². The van der Waals surface area contributed by atoms with Gasteiger partial charge < -0.3 is 5.11 Å². The van der Waals surface area contributed by atoms with Gasteiger partial charge in [0.25, 0.3) is 0 Å². The second kappa shape index (κ2) is 5.82. The molecule has 0 saturated heterocycles. The molecule has 1 N–H and O–H groups in total. The quantitative estimate of drug-likeness (QED) is 0.806. The highest BCUT2D eigenvalue weighted by Gasteiger charge is 2.16. The van der Waals surface area contributed by atoms with Crippen LogP contribution in [0.15, 0.2) is 29.2 Å². The lowest BCUT2D eigenvalue weighted by Gasteiger charge is -2.11. The minimum Gasteiger partial charge on any atom is -0.395 e. The average molecular weight is 253 g/mol. The van der Waals surface area contributed by atoms with E-state index in [1.165, 1.54) is 26.2 Å². The van der Waals surface area contributed by atoms with Gasteiger partial charge in [-0.3, -0.25) is 0 Å². The number of rotatable bonds is 3. The topological polar surface area (TPSA) is 57.6 Å². The second-order valence-electron chi connectivity index (χ2n) is 3.59. The number of sulfonamides is 1. The van der Waals surface area contributed by atoms with Crippen LogP contribution in [0.4, 0.5) is 0 Å². The summed E-state index contributed by atoms with van der Waals surface area (Å²) in [4.78, 5) is 0.221. The first-order chi connectivity index (χ1) is 7.98. The van der Waals surface area contributed by atoms with Gasteiger partial charge in [0, 0.05) is 26.1 Å². The Morgan fingerprint density at radius 3 is 2.65 bits per heavy atom. The van der Waals surface area contributed by atoms with E-state index < -0.39 is 10.0 Å². The summed E-state index contributed by atoms with van der Waals surface area (Å²) >= 11 is 0. The van der Waals surface area contributed by atoms with Gasteiger partial charge in [0.1, 0.15) is 0 Å². The van der Waals surface area contributed by atoms with Crippen molar-refractivity contribution in [3.8, 4) is 11.8 Å². The molecule has 0 aliphatic rings. The standard InChI is InChI=1S/C12H15NO3S/c1-13(2)17(15,16)12-8-5-7-11(10-12)6-3-4-9-14/h5,7-8,10,14H,4,9H2,1-2H3. The number of aliphatic hydroxyl groups is 1. The monoisotopic (exact) mass is 253 g/mol. The molecule has 0 aromatic heterocycles. The molecule has 0 fully saturated rings. The Hall–Kier alpha value is -1.35. The molecular weight excluding hydrogens is 238 g/mol. The molecule has 0 saturated carbocycles. The van der Waals surface area contributed by atoms with Crippen LogP contribution in [0.3, 0.4) is 0 Å². The van der Waals surface area contributed by atoms with Gasteiger partial charge in [-0.15, -0.1) is 0 Å². The number of hydrogen-bond acceptors (Lipinski definition) is 3. The fourth-order valence-corrected chi connectivity index (χ4v) is 2.11. The van der Waals surface area contributed by atoms with Crippen molar-refractivity contribution in [1.82, 2.24) is 4.31 Å². The first-order valence-corrected chi connectivity index (χ1v) is 6.55. The molecule has 0 radical (unpaired) electrons. The zero-order valence-electron chi connectivity index (χ0n) is 9.84. The summed E-state index contributed by atoms with van der Waals surface area (Å²) in [5.74, 6) is 5.55. The molecular formula is C12H15NO3S. The summed E-state index contributed by atoms with van der Waals surface area (Å²) in [5, 5.41) is 8.60. The van der Waals surface area contributed by atoms with Crippen molar-refractivity contribution < 1.29 is 13.5 Å². The molecule has 0 aliphatic carbocycles. The van der Waals surface area contributed by atoms with Crippen LogP contribution in [0.1, 0.15) is 12.0 Å². The molecule has 0 unspecified atom stereocenters. The molecule has 0 heterocycles. The first kappa shape index (κ1) is 13.7. The minimum atomic E-state index is -3.41. The number of benzene rings is 1. The molecule has 0 atom stereocenters. The van der Waals surface area contributed by atoms with E-state index in [0.29, 0.717) is 12.0 Å². The highest BCUT2D eigenvalue weighted by molar-refractivity contribution is 7.89. The predicted molar refractivity (Wildman–Crippen MR) is 65.9 cm³/mol. The highest BCUT2D eigenvalue weighted by Crippen LogP contribution is 2.14. The van der Waals surface area contributed by atoms with E-state index in [1.54, 1.807) is 12.1 Å². The summed E-state index contributed by atoms with van der Waals surface area (Å²) < 4.78 is 24.9. The molecule has 1 rings (SSSR count). The van der Waals surface area contributed by atoms with Crippen LogP contribution in [0.2, 0.25) is 0 Å². The Morgan fingerprint density at radius 1 is 1.35 bits per heavy atom. The minimum absolute atomic E-state index is 0.00267. The summed E-state index contributed by atoms with van der Waals surface area (Å²) in [5.41, 5.74) is 0.626. The molecule has 0 spiro atoms. The Balaban J connectivity index is 3.07. The molecule has 0 aliphatic heterocycles. The van der Waals surface area contributed by atoms with Gasteiger partial charge in [-0.2, -0.15) is 0 Å². The third-order valence-electron chi connectivity index (χ3n) is 2.08. The van der Waals surface area contributed by atoms with Gasteiger partial charge >= 0.3 is 0 Å². The second-order valence-corrected chi connectivity index (χ2v) is 5.74. The summed E-state index contributed by atoms with van der Waals surface area (Å²) in [6.07, 6.45) is 0.380. The lowest BCUT2D eigenvalue weighted by molar-refractivity contribution is 0.305. The Morgan fingerprint density at radius 2 is 2.06 bits per heavy atom. The predicted octanol–water partition coefficient (Wildman–Crippen LogP) is 0.671. The summed E-state index contributed by atoms with van der Waals surface area (Å²) in [6.45, 7) is 0.00267. The fraction of sp³-hybridized carbons (Fsp3) is 0.333. The van der Waals surface area contributed by atoms with Gasteiger partial charge in [0.15, 0.2) is 0 Å². The van der Waals surface area contributed by atoms with Crippen molar-refractivity contribution in [2.24, 2.45) is 0 Å². The van der Waals surface area contributed by atoms with Crippen molar-refractivity contribution in [2.75, 3.05) is 20.7 Å². The molecule has 17 heavy (non-hydrogen) atoms. The number of hydrogen-bond donors (Lipinski definition) is 1. The first-order valence-electron chi connectivity index (χ1n) is 5.11. The van der Waals surface area contributed by atoms with Crippen LogP contribution in [0.25, 0.3) is 0 Å². The van der Waals surface area contributed by atoms with E-state index in [2.05, 4.69) is 11.8 Å². The van der Waals surface area contributed by atoms with E-state index in [4.69, 9.17) is 5.11 Å². The zero-order valence-corrected chi connectivity index (χ0v) is 10.7. The van der Waals surface area contributed by atoms with E-state index in [0.717, 1.165) is 4.31 Å². The fourth-order valence-electron chi connectivity index (χ4n) is 1.17. The van der Waals surface area contributed by atoms with Gasteiger partial charge in [-0.1, -0.05) is 17.9 Å². The molecule has 4 nitrogen and oxygen atoms in total. The maximum atomic E-state index is 11.9. The zero-order chi connectivity index (χ0) is 12.9. The third-order valence-corrected chi connectivity index (χ3v) is 3.89. The largest absolute Gasteiger partial charge is 0.395 e. The summed E-state index contributed by atoms with van der Waals surface area (Å²) in [7, 11) is -0.443. The van der Waals surface area contributed by atoms with Crippen molar-refractivity contribution in [3.63, 3.8) is 0 Å². The van der Waals surface area contributed by atoms with E-state index >= 15 is 0 Å². The summed E-state index contributed by atoms with van der Waals surface area (Å²) in [6, 6.07) is 6.45. The van der Waals surface area contributed by atoms with Gasteiger partial charge in [0.05, 0.1) is 11.5 Å². The molecule has 1 aromatic carbocycles. The lowest BCUT2D eigenvalue weighted by Crippen LogP contribution is -2.22. The maximum Gasteiger partial charge on any atom is 0.242 e. The van der Waals surface area contributed by atoms with Crippen molar-refractivity contribution in [2.45, 2.75) is 11.3 Å². The molecule has 92 valence electrons. The molecule has 0 amide bonds. The maximum absolute atomic E-state index is 11.9. The molecule has 1 aromatic rings. The van der Waals surface area contributed by atoms with E-state index in [-0.39, 0.29) is 11.5 Å². The average Bonchev–Trinajstić information content (AvgIpc) is 2.29. The Labute approximate surface area is 102 Å². The van der Waals surface area contributed by atoms with Crippen molar-refractivity contribution in [3.05, 3.63) is 29.8 Å². The van der Waals surface area contributed by atoms with Crippen molar-refractivity contribution >= 4 is 10.0 Å². The van der Waals surface area contributed by atoms with Crippen LogP contribution in [-0.4, -0.2) is 38.5 Å². The molecule has 5 heteroatoms. The van der Waals surface area contributed by atoms with E-state index in [9.17, 15) is 8.42 Å². The van der Waals surface area contributed by atoms with E-state index in [1.807, 2.05) is 0 Å². The number of aliphatic hydroxyl groups excluding tert-OH is 1. The number of nitrogens with zero attached hydrogens (tertiary/aromatic N) is 1. The van der Waals surface area contributed by atoms with Crippen LogP contribution in [-0.2, 0) is 10.0 Å². The Kier molecular flexibility index (Phi) is 4.70. The van der Waals surface area contributed by atoms with Gasteiger partial charge in [0.2, 0.25) is 10.0 Å². The van der Waals surface area contributed by atoms with Gasteiger partial charge in [-0.25, -0.2) is 12.7 Å². The Bertz CT molecular complexity index is 538. The van der Waals surface area contributed by atoms with Crippen LogP contribution < -0.4 is 0 Å². The van der Waals surface area contributed by atoms with Gasteiger partial charge in [-0.05, 0) is 18.2 Å². The smallest absolute Gasteiger partial charge is 0.242 e. The third kappa shape index (κ3) is 3.56. The lowest BCUT2D eigenvalue weighted by atomic mass is 10.2. The SMILES string of the molecule is CN(C)S(=O)(=O)c1cccc(C#CCCO)c1. The normalized spacial score (nSPS) is 11.1.